The number of thiazole rings is 1. The van der Waals surface area contributed by atoms with Gasteiger partial charge in [0.05, 0.1) is 23.9 Å². The average molecular weight is 475 g/mol. The van der Waals surface area contributed by atoms with Crippen molar-refractivity contribution in [1.29, 1.82) is 0 Å². The van der Waals surface area contributed by atoms with Gasteiger partial charge in [0.15, 0.2) is 0 Å². The summed E-state index contributed by atoms with van der Waals surface area (Å²) in [7, 11) is 0. The van der Waals surface area contributed by atoms with E-state index in [9.17, 15) is 4.79 Å². The van der Waals surface area contributed by atoms with Gasteiger partial charge < -0.3 is 9.42 Å². The largest absolute Gasteiger partial charge is 0.340 e. The van der Waals surface area contributed by atoms with Crippen LogP contribution in [0.5, 0.6) is 0 Å². The number of rotatable bonds is 6. The molecule has 1 saturated heterocycles. The highest BCUT2D eigenvalue weighted by Crippen LogP contribution is 2.25. The molecule has 1 aromatic carbocycles. The van der Waals surface area contributed by atoms with Gasteiger partial charge in [0.2, 0.25) is 17.6 Å². The summed E-state index contributed by atoms with van der Waals surface area (Å²) in [5.74, 6) is 1.30. The van der Waals surface area contributed by atoms with Crippen LogP contribution in [-0.2, 0) is 11.2 Å². The van der Waals surface area contributed by atoms with E-state index >= 15 is 0 Å². The highest BCUT2D eigenvalue weighted by atomic mass is 32.1. The number of nitrogens with zero attached hydrogens (tertiary/aromatic N) is 6. The van der Waals surface area contributed by atoms with Crippen LogP contribution in [0.15, 0.2) is 58.6 Å². The van der Waals surface area contributed by atoms with Crippen LogP contribution in [0.2, 0.25) is 0 Å². The molecule has 4 aromatic rings. The summed E-state index contributed by atoms with van der Waals surface area (Å²) in [6.07, 6.45) is 2.06. The minimum atomic E-state index is -0.0107. The lowest BCUT2D eigenvalue weighted by Crippen LogP contribution is -2.49. The molecule has 1 atom stereocenters. The Bertz CT molecular complexity index is 1250. The molecule has 9 heteroatoms. The van der Waals surface area contributed by atoms with Crippen LogP contribution in [0.25, 0.3) is 22.1 Å². The van der Waals surface area contributed by atoms with Crippen LogP contribution in [0.4, 0.5) is 0 Å². The zero-order valence-electron chi connectivity index (χ0n) is 19.2. The molecule has 0 saturated carbocycles. The summed E-state index contributed by atoms with van der Waals surface area (Å²) >= 11 is 1.52. The maximum atomic E-state index is 12.9. The molecular formula is C25H26N6O2S. The van der Waals surface area contributed by atoms with Crippen molar-refractivity contribution < 1.29 is 9.32 Å². The van der Waals surface area contributed by atoms with Crippen molar-refractivity contribution >= 4 is 17.2 Å². The standard InChI is InChI=1S/C25H26N6O2S/c1-17-6-8-19(9-7-17)23-28-24(33-29-23)18(2)30-11-13-31(14-12-30)22(32)15-20-16-34-25(27-20)21-5-3-4-10-26-21/h3-10,16,18H,11-15H2,1-2H3/t18-/m1/s1. The lowest BCUT2D eigenvalue weighted by molar-refractivity contribution is -0.132. The molecule has 1 amide bonds. The Balaban J connectivity index is 1.15. The number of hydrogen-bond donors (Lipinski definition) is 0. The molecule has 0 aliphatic carbocycles. The Hall–Kier alpha value is -3.43. The fourth-order valence-corrected chi connectivity index (χ4v) is 4.80. The van der Waals surface area contributed by atoms with Crippen LogP contribution >= 0.6 is 11.3 Å². The summed E-state index contributed by atoms with van der Waals surface area (Å²) in [4.78, 5) is 30.6. The van der Waals surface area contributed by atoms with E-state index in [1.165, 1.54) is 16.9 Å². The first-order valence-electron chi connectivity index (χ1n) is 11.3. The molecule has 0 N–H and O–H groups in total. The third-order valence-electron chi connectivity index (χ3n) is 6.09. The Morgan fingerprint density at radius 3 is 2.62 bits per heavy atom. The maximum Gasteiger partial charge on any atom is 0.244 e. The Kier molecular flexibility index (Phi) is 6.46. The van der Waals surface area contributed by atoms with Crippen molar-refractivity contribution in [2.45, 2.75) is 26.3 Å². The molecule has 0 spiro atoms. The van der Waals surface area contributed by atoms with Crippen LogP contribution in [0.3, 0.4) is 0 Å². The van der Waals surface area contributed by atoms with Gasteiger partial charge in [0.25, 0.3) is 0 Å². The van der Waals surface area contributed by atoms with E-state index < -0.39 is 0 Å². The number of aryl methyl sites for hydroxylation is 1. The van der Waals surface area contributed by atoms with Crippen molar-refractivity contribution in [1.82, 2.24) is 29.9 Å². The molecule has 8 nitrogen and oxygen atoms in total. The summed E-state index contributed by atoms with van der Waals surface area (Å²) < 4.78 is 5.56. The smallest absolute Gasteiger partial charge is 0.244 e. The fraction of sp³-hybridized carbons (Fsp3) is 0.320. The Morgan fingerprint density at radius 2 is 1.88 bits per heavy atom. The van der Waals surface area contributed by atoms with Gasteiger partial charge in [-0.2, -0.15) is 4.98 Å². The van der Waals surface area contributed by atoms with E-state index in [-0.39, 0.29) is 11.9 Å². The summed E-state index contributed by atoms with van der Waals surface area (Å²) in [6.45, 7) is 6.96. The number of amides is 1. The van der Waals surface area contributed by atoms with Crippen LogP contribution in [0.1, 0.15) is 30.1 Å². The SMILES string of the molecule is Cc1ccc(-c2noc([C@@H](C)N3CCN(C(=O)Cc4csc(-c5ccccn5)n4)CC3)n2)cc1. The first-order chi connectivity index (χ1) is 16.6. The number of benzene rings is 1. The molecule has 5 rings (SSSR count). The van der Waals surface area contributed by atoms with Gasteiger partial charge in [0, 0.05) is 43.3 Å². The lowest BCUT2D eigenvalue weighted by Gasteiger charge is -2.36. The molecule has 0 unspecified atom stereocenters. The van der Waals surface area contributed by atoms with Crippen LogP contribution < -0.4 is 0 Å². The second kappa shape index (κ2) is 9.82. The molecule has 4 heterocycles. The fourth-order valence-electron chi connectivity index (χ4n) is 4.00. The van der Waals surface area contributed by atoms with E-state index in [1.54, 1.807) is 6.20 Å². The third kappa shape index (κ3) is 4.90. The van der Waals surface area contributed by atoms with Gasteiger partial charge in [-0.3, -0.25) is 14.7 Å². The number of carbonyl (C=O) groups excluding carboxylic acids is 1. The van der Waals surface area contributed by atoms with E-state index in [1.807, 2.05) is 59.7 Å². The molecule has 174 valence electrons. The predicted molar refractivity (Wildman–Crippen MR) is 130 cm³/mol. The molecule has 3 aromatic heterocycles. The maximum absolute atomic E-state index is 12.9. The summed E-state index contributed by atoms with van der Waals surface area (Å²) in [5, 5.41) is 6.94. The minimum Gasteiger partial charge on any atom is -0.340 e. The molecule has 1 aliphatic rings. The van der Waals surface area contributed by atoms with Crippen molar-refractivity contribution in [3.63, 3.8) is 0 Å². The monoisotopic (exact) mass is 474 g/mol. The van der Waals surface area contributed by atoms with E-state index in [0.717, 1.165) is 35.0 Å². The van der Waals surface area contributed by atoms with Gasteiger partial charge in [-0.1, -0.05) is 41.1 Å². The molecule has 0 radical (unpaired) electrons. The Morgan fingerprint density at radius 1 is 1.09 bits per heavy atom. The highest BCUT2D eigenvalue weighted by Gasteiger charge is 2.28. The second-order valence-electron chi connectivity index (χ2n) is 8.45. The third-order valence-corrected chi connectivity index (χ3v) is 7.01. The first-order valence-corrected chi connectivity index (χ1v) is 12.2. The van der Waals surface area contributed by atoms with Crippen LogP contribution in [0, 0.1) is 6.92 Å². The summed E-state index contributed by atoms with van der Waals surface area (Å²) in [5.41, 5.74) is 3.76. The minimum absolute atomic E-state index is 0.0107. The van der Waals surface area contributed by atoms with Gasteiger partial charge in [-0.05, 0) is 26.0 Å². The van der Waals surface area contributed by atoms with Gasteiger partial charge in [-0.15, -0.1) is 11.3 Å². The topological polar surface area (TPSA) is 88.3 Å². The summed E-state index contributed by atoms with van der Waals surface area (Å²) in [6, 6.07) is 13.8. The Labute approximate surface area is 202 Å². The van der Waals surface area contributed by atoms with Gasteiger partial charge >= 0.3 is 0 Å². The number of hydrogen-bond acceptors (Lipinski definition) is 8. The number of carbonyl (C=O) groups is 1. The van der Waals surface area contributed by atoms with Crippen molar-refractivity contribution in [3.05, 3.63) is 71.2 Å². The molecular weight excluding hydrogens is 448 g/mol. The van der Waals surface area contributed by atoms with Crippen molar-refractivity contribution in [3.8, 4) is 22.1 Å². The molecule has 1 aliphatic heterocycles. The molecule has 34 heavy (non-hydrogen) atoms. The predicted octanol–water partition coefficient (Wildman–Crippen LogP) is 4.01. The van der Waals surface area contributed by atoms with E-state index in [4.69, 9.17) is 4.52 Å². The number of pyridine rings is 1. The van der Waals surface area contributed by atoms with Crippen molar-refractivity contribution in [2.24, 2.45) is 0 Å². The van der Waals surface area contributed by atoms with Crippen LogP contribution in [-0.4, -0.2) is 62.0 Å². The van der Waals surface area contributed by atoms with E-state index in [0.29, 0.717) is 31.2 Å². The van der Waals surface area contributed by atoms with E-state index in [2.05, 4.69) is 31.9 Å². The zero-order chi connectivity index (χ0) is 23.5. The number of aromatic nitrogens is 4. The van der Waals surface area contributed by atoms with Gasteiger partial charge in [0.1, 0.15) is 5.01 Å². The average Bonchev–Trinajstić information content (AvgIpc) is 3.55. The number of piperazine rings is 1. The highest BCUT2D eigenvalue weighted by molar-refractivity contribution is 7.13. The quantitative estimate of drug-likeness (QED) is 0.417. The molecule has 0 bridgehead atoms. The van der Waals surface area contributed by atoms with Gasteiger partial charge in [-0.25, -0.2) is 4.98 Å². The second-order valence-corrected chi connectivity index (χ2v) is 9.31. The zero-order valence-corrected chi connectivity index (χ0v) is 20.0. The lowest BCUT2D eigenvalue weighted by atomic mass is 10.1. The van der Waals surface area contributed by atoms with Crippen molar-refractivity contribution in [2.75, 3.05) is 26.2 Å². The first kappa shape index (κ1) is 22.4. The normalized spacial score (nSPS) is 15.4. The molecule has 1 fully saturated rings.